The number of halogens is 1. The Kier molecular flexibility index (Phi) is 4.80. The Morgan fingerprint density at radius 2 is 1.96 bits per heavy atom. The maximum Gasteiger partial charge on any atom is 0.339 e. The summed E-state index contributed by atoms with van der Waals surface area (Å²) in [5.74, 6) is -2.06. The van der Waals surface area contributed by atoms with Crippen molar-refractivity contribution in [1.82, 2.24) is 0 Å². The van der Waals surface area contributed by atoms with Crippen molar-refractivity contribution in [3.63, 3.8) is 0 Å². The van der Waals surface area contributed by atoms with E-state index in [-0.39, 0.29) is 15.8 Å². The van der Waals surface area contributed by atoms with Gasteiger partial charge in [-0.05, 0) is 29.8 Å². The number of anilines is 1. The van der Waals surface area contributed by atoms with E-state index >= 15 is 0 Å². The van der Waals surface area contributed by atoms with Gasteiger partial charge in [0.2, 0.25) is 0 Å². The van der Waals surface area contributed by atoms with Crippen LogP contribution in [0.1, 0.15) is 15.9 Å². The molecule has 1 heterocycles. The molecule has 2 aromatic carbocycles. The fourth-order valence-corrected chi connectivity index (χ4v) is 3.74. The molecule has 1 saturated heterocycles. The number of carbonyl (C=O) groups excluding carboxylic acids is 1. The van der Waals surface area contributed by atoms with Gasteiger partial charge in [0.1, 0.15) is 11.3 Å². The van der Waals surface area contributed by atoms with Crippen molar-refractivity contribution in [3.05, 3.63) is 63.5 Å². The number of hydrogen-bond acceptors (Lipinski definition) is 5. The predicted molar refractivity (Wildman–Crippen MR) is 102 cm³/mol. The quantitative estimate of drug-likeness (QED) is 0.604. The fraction of sp³-hybridized carbons (Fsp3) is 0. The molecule has 25 heavy (non-hydrogen) atoms. The third-order valence-electron chi connectivity index (χ3n) is 3.46. The second-order valence-corrected chi connectivity index (χ2v) is 7.13. The van der Waals surface area contributed by atoms with Crippen LogP contribution in [0, 0.1) is 0 Å². The van der Waals surface area contributed by atoms with Gasteiger partial charge in [0.15, 0.2) is 4.32 Å². The predicted octanol–water partition coefficient (Wildman–Crippen LogP) is 4.15. The third kappa shape index (κ3) is 3.39. The molecular weight excluding hydrogens is 382 g/mol. The number of thiocarbonyl (C=S) groups is 1. The van der Waals surface area contributed by atoms with Crippen molar-refractivity contribution in [2.75, 3.05) is 4.90 Å². The number of carbonyl (C=O) groups is 2. The number of aromatic carboxylic acids is 1. The fourth-order valence-electron chi connectivity index (χ4n) is 2.26. The Morgan fingerprint density at radius 1 is 1.24 bits per heavy atom. The molecule has 0 saturated carbocycles. The van der Waals surface area contributed by atoms with Crippen LogP contribution in [-0.2, 0) is 4.79 Å². The van der Waals surface area contributed by atoms with Crippen LogP contribution in [0.15, 0.2) is 47.4 Å². The molecule has 1 fully saturated rings. The lowest BCUT2D eigenvalue weighted by Gasteiger charge is -2.15. The summed E-state index contributed by atoms with van der Waals surface area (Å²) in [5, 5.41) is 19.3. The molecule has 126 valence electrons. The third-order valence-corrected chi connectivity index (χ3v) is 5.10. The maximum absolute atomic E-state index is 12.7. The molecule has 0 aliphatic carbocycles. The van der Waals surface area contributed by atoms with E-state index in [1.165, 1.54) is 23.1 Å². The van der Waals surface area contributed by atoms with E-state index in [2.05, 4.69) is 0 Å². The number of aromatic hydroxyl groups is 1. The van der Waals surface area contributed by atoms with Gasteiger partial charge in [-0.25, -0.2) is 4.79 Å². The molecule has 2 N–H and O–H groups in total. The second-order valence-electron chi connectivity index (χ2n) is 5.05. The van der Waals surface area contributed by atoms with Crippen molar-refractivity contribution >= 4 is 63.5 Å². The van der Waals surface area contributed by atoms with Crippen LogP contribution in [0.4, 0.5) is 5.69 Å². The van der Waals surface area contributed by atoms with E-state index in [1.54, 1.807) is 30.3 Å². The van der Waals surface area contributed by atoms with E-state index in [0.717, 1.165) is 11.8 Å². The summed E-state index contributed by atoms with van der Waals surface area (Å²) >= 11 is 12.5. The smallest absolute Gasteiger partial charge is 0.339 e. The van der Waals surface area contributed by atoms with Crippen molar-refractivity contribution in [3.8, 4) is 5.75 Å². The Hall–Kier alpha value is -2.35. The minimum absolute atomic E-state index is 0.249. The molecule has 2 aromatic rings. The molecular formula is C17H10ClNO4S2. The summed E-state index contributed by atoms with van der Waals surface area (Å²) in [7, 11) is 0. The molecule has 1 amide bonds. The normalized spacial score (nSPS) is 15.9. The van der Waals surface area contributed by atoms with Crippen molar-refractivity contribution < 1.29 is 19.8 Å². The minimum atomic E-state index is -1.26. The van der Waals surface area contributed by atoms with Gasteiger partial charge in [-0.1, -0.05) is 53.8 Å². The molecule has 0 atom stereocenters. The van der Waals surface area contributed by atoms with Gasteiger partial charge < -0.3 is 10.2 Å². The van der Waals surface area contributed by atoms with Crippen LogP contribution >= 0.6 is 35.6 Å². The standard InChI is InChI=1S/C17H10ClNO4S2/c18-12-4-2-1-3-9(12)7-14-15(21)19(17(24)25-14)10-5-6-11(16(22)23)13(20)8-10/h1-8,20H,(H,22,23)/b14-7-. The highest BCUT2D eigenvalue weighted by Crippen LogP contribution is 2.38. The summed E-state index contributed by atoms with van der Waals surface area (Å²) in [4.78, 5) is 25.3. The Labute approximate surface area is 157 Å². The average molecular weight is 392 g/mol. The number of hydrogen-bond donors (Lipinski definition) is 2. The maximum atomic E-state index is 12.7. The summed E-state index contributed by atoms with van der Waals surface area (Å²) < 4.78 is 0.283. The monoisotopic (exact) mass is 391 g/mol. The zero-order valence-corrected chi connectivity index (χ0v) is 14.9. The van der Waals surface area contributed by atoms with Crippen LogP contribution in [0.5, 0.6) is 5.75 Å². The molecule has 0 aromatic heterocycles. The van der Waals surface area contributed by atoms with Crippen LogP contribution in [0.3, 0.4) is 0 Å². The second kappa shape index (κ2) is 6.87. The van der Waals surface area contributed by atoms with Gasteiger partial charge in [-0.3, -0.25) is 9.69 Å². The number of rotatable bonds is 3. The molecule has 0 spiro atoms. The number of benzene rings is 2. The first kappa shape index (κ1) is 17.5. The van der Waals surface area contributed by atoms with E-state index in [9.17, 15) is 14.7 Å². The lowest BCUT2D eigenvalue weighted by Crippen LogP contribution is -2.27. The highest BCUT2D eigenvalue weighted by molar-refractivity contribution is 8.27. The van der Waals surface area contributed by atoms with Gasteiger partial charge in [-0.2, -0.15) is 0 Å². The number of phenols is 1. The van der Waals surface area contributed by atoms with E-state index in [1.807, 2.05) is 0 Å². The van der Waals surface area contributed by atoms with E-state index in [4.69, 9.17) is 28.9 Å². The molecule has 3 rings (SSSR count). The average Bonchev–Trinajstić information content (AvgIpc) is 2.83. The van der Waals surface area contributed by atoms with Crippen LogP contribution in [0.25, 0.3) is 6.08 Å². The number of carboxylic acid groups (broad SMARTS) is 1. The molecule has 0 unspecified atom stereocenters. The molecule has 5 nitrogen and oxygen atoms in total. The van der Waals surface area contributed by atoms with E-state index < -0.39 is 11.7 Å². The molecule has 0 radical (unpaired) electrons. The lowest BCUT2D eigenvalue weighted by molar-refractivity contribution is -0.113. The highest BCUT2D eigenvalue weighted by Gasteiger charge is 2.34. The molecule has 1 aliphatic heterocycles. The Bertz CT molecular complexity index is 942. The summed E-state index contributed by atoms with van der Waals surface area (Å²) in [6.45, 7) is 0. The molecule has 0 bridgehead atoms. The first-order valence-corrected chi connectivity index (χ1v) is 8.57. The number of carboxylic acids is 1. The van der Waals surface area contributed by atoms with Crippen molar-refractivity contribution in [1.29, 1.82) is 0 Å². The summed E-state index contributed by atoms with van der Waals surface area (Å²) in [5.41, 5.74) is 0.738. The SMILES string of the molecule is O=C(O)c1ccc(N2C(=O)/C(=C/c3ccccc3Cl)SC2=S)cc1O. The van der Waals surface area contributed by atoms with Gasteiger partial charge in [0, 0.05) is 11.1 Å². The van der Waals surface area contributed by atoms with Gasteiger partial charge in [0.25, 0.3) is 5.91 Å². The number of thioether (sulfide) groups is 1. The summed E-state index contributed by atoms with van der Waals surface area (Å²) in [6, 6.07) is 10.9. The molecule has 1 aliphatic rings. The van der Waals surface area contributed by atoms with Gasteiger partial charge >= 0.3 is 5.97 Å². The van der Waals surface area contributed by atoms with E-state index in [0.29, 0.717) is 21.2 Å². The summed E-state index contributed by atoms with van der Waals surface area (Å²) in [6.07, 6.45) is 1.65. The zero-order valence-electron chi connectivity index (χ0n) is 12.5. The Balaban J connectivity index is 1.96. The van der Waals surface area contributed by atoms with Crippen LogP contribution < -0.4 is 4.90 Å². The minimum Gasteiger partial charge on any atom is -0.507 e. The highest BCUT2D eigenvalue weighted by atomic mass is 35.5. The number of amides is 1. The van der Waals surface area contributed by atoms with Crippen LogP contribution in [-0.4, -0.2) is 26.4 Å². The van der Waals surface area contributed by atoms with Crippen molar-refractivity contribution in [2.45, 2.75) is 0 Å². The number of nitrogens with zero attached hydrogens (tertiary/aromatic N) is 1. The van der Waals surface area contributed by atoms with Crippen molar-refractivity contribution in [2.24, 2.45) is 0 Å². The van der Waals surface area contributed by atoms with Gasteiger partial charge in [0.05, 0.1) is 10.6 Å². The first-order valence-electron chi connectivity index (χ1n) is 6.97. The van der Waals surface area contributed by atoms with Gasteiger partial charge in [-0.15, -0.1) is 0 Å². The zero-order chi connectivity index (χ0) is 18.1. The topological polar surface area (TPSA) is 77.8 Å². The molecule has 8 heteroatoms. The lowest BCUT2D eigenvalue weighted by atomic mass is 10.1. The largest absolute Gasteiger partial charge is 0.507 e. The van der Waals surface area contributed by atoms with Crippen LogP contribution in [0.2, 0.25) is 5.02 Å². The Morgan fingerprint density at radius 3 is 2.60 bits per heavy atom. The first-order chi connectivity index (χ1) is 11.9.